The molecular weight excluding hydrogens is 470 g/mol. The number of methoxy groups -OCH3 is 1. The highest BCUT2D eigenvalue weighted by atomic mass is 16.5. The van der Waals surface area contributed by atoms with Crippen LogP contribution in [0.25, 0.3) is 22.3 Å². The van der Waals surface area contributed by atoms with E-state index in [9.17, 15) is 19.8 Å². The fourth-order valence-corrected chi connectivity index (χ4v) is 5.07. The molecule has 3 aromatic carbocycles. The summed E-state index contributed by atoms with van der Waals surface area (Å²) in [7, 11) is 1.57. The molecule has 4 aromatic rings. The van der Waals surface area contributed by atoms with Crippen molar-refractivity contribution in [1.82, 2.24) is 4.90 Å². The SMILES string of the molecule is COc1ccc(C(CC(=O)N2CCCCC2)c2c(O)cc(O)c3c(=O)cc(-c4ccccc4)oc23)cc1. The van der Waals surface area contributed by atoms with Gasteiger partial charge >= 0.3 is 0 Å². The zero-order valence-electron chi connectivity index (χ0n) is 20.6. The highest BCUT2D eigenvalue weighted by Crippen LogP contribution is 2.43. The highest BCUT2D eigenvalue weighted by molar-refractivity contribution is 5.91. The maximum absolute atomic E-state index is 13.4. The van der Waals surface area contributed by atoms with Gasteiger partial charge in [-0.1, -0.05) is 42.5 Å². The summed E-state index contributed by atoms with van der Waals surface area (Å²) in [6.07, 6.45) is 3.09. The second kappa shape index (κ2) is 10.4. The Bertz CT molecular complexity index is 1470. The smallest absolute Gasteiger partial charge is 0.223 e. The van der Waals surface area contributed by atoms with Gasteiger partial charge in [-0.25, -0.2) is 0 Å². The molecule has 2 N–H and O–H groups in total. The zero-order valence-corrected chi connectivity index (χ0v) is 20.6. The molecular formula is C30H29NO6. The minimum atomic E-state index is -0.627. The number of ether oxygens (including phenoxy) is 1. The van der Waals surface area contributed by atoms with Gasteiger partial charge in [-0.3, -0.25) is 9.59 Å². The average molecular weight is 500 g/mol. The molecule has 1 aliphatic heterocycles. The van der Waals surface area contributed by atoms with Crippen molar-refractivity contribution in [2.45, 2.75) is 31.6 Å². The number of aromatic hydroxyl groups is 2. The van der Waals surface area contributed by atoms with Crippen LogP contribution in [-0.4, -0.2) is 41.2 Å². The number of hydrogen-bond donors (Lipinski definition) is 2. The molecule has 1 aliphatic rings. The van der Waals surface area contributed by atoms with E-state index in [2.05, 4.69) is 0 Å². The van der Waals surface area contributed by atoms with Crippen LogP contribution < -0.4 is 10.2 Å². The van der Waals surface area contributed by atoms with Crippen LogP contribution in [0.4, 0.5) is 0 Å². The number of benzene rings is 3. The molecule has 1 amide bonds. The summed E-state index contributed by atoms with van der Waals surface area (Å²) in [5.41, 5.74) is 1.35. The average Bonchev–Trinajstić information content (AvgIpc) is 2.93. The lowest BCUT2D eigenvalue weighted by molar-refractivity contribution is -0.132. The number of phenols is 2. The van der Waals surface area contributed by atoms with E-state index in [0.717, 1.165) is 30.9 Å². The minimum absolute atomic E-state index is 0.0311. The van der Waals surface area contributed by atoms with Gasteiger partial charge < -0.3 is 24.3 Å². The summed E-state index contributed by atoms with van der Waals surface area (Å²) in [5.74, 6) is -0.325. The molecule has 37 heavy (non-hydrogen) atoms. The second-order valence-electron chi connectivity index (χ2n) is 9.34. The summed E-state index contributed by atoms with van der Waals surface area (Å²) in [4.78, 5) is 28.5. The number of fused-ring (bicyclic) bond motifs is 1. The molecule has 1 aromatic heterocycles. The third kappa shape index (κ3) is 4.89. The first kappa shape index (κ1) is 24.4. The third-order valence-electron chi connectivity index (χ3n) is 7.01. The monoisotopic (exact) mass is 499 g/mol. The van der Waals surface area contributed by atoms with Gasteiger partial charge in [-0.05, 0) is 37.0 Å². The molecule has 190 valence electrons. The molecule has 7 nitrogen and oxygen atoms in total. The van der Waals surface area contributed by atoms with Gasteiger partial charge in [0.05, 0.1) is 7.11 Å². The van der Waals surface area contributed by atoms with Crippen LogP contribution in [0.15, 0.2) is 75.9 Å². The fraction of sp³-hybridized carbons (Fsp3) is 0.267. The summed E-state index contributed by atoms with van der Waals surface area (Å²) < 4.78 is 11.5. The number of nitrogens with zero attached hydrogens (tertiary/aromatic N) is 1. The van der Waals surface area contributed by atoms with Crippen molar-refractivity contribution in [3.8, 4) is 28.6 Å². The van der Waals surface area contributed by atoms with Gasteiger partial charge in [0.2, 0.25) is 5.91 Å². The van der Waals surface area contributed by atoms with Gasteiger partial charge in [0.1, 0.15) is 34.0 Å². The van der Waals surface area contributed by atoms with Crippen molar-refractivity contribution >= 4 is 16.9 Å². The van der Waals surface area contributed by atoms with Crippen LogP contribution in [0.5, 0.6) is 17.2 Å². The van der Waals surface area contributed by atoms with E-state index in [-0.39, 0.29) is 34.8 Å². The Labute approximate surface area is 214 Å². The zero-order chi connectivity index (χ0) is 25.9. The van der Waals surface area contributed by atoms with Crippen molar-refractivity contribution in [3.63, 3.8) is 0 Å². The largest absolute Gasteiger partial charge is 0.507 e. The molecule has 0 bridgehead atoms. The maximum Gasteiger partial charge on any atom is 0.223 e. The number of amides is 1. The van der Waals surface area contributed by atoms with E-state index >= 15 is 0 Å². The first-order valence-corrected chi connectivity index (χ1v) is 12.5. The van der Waals surface area contributed by atoms with Crippen LogP contribution in [0.2, 0.25) is 0 Å². The molecule has 1 unspecified atom stereocenters. The van der Waals surface area contributed by atoms with Crippen LogP contribution >= 0.6 is 0 Å². The third-order valence-corrected chi connectivity index (χ3v) is 7.01. The number of carbonyl (C=O) groups excluding carboxylic acids is 1. The first-order valence-electron chi connectivity index (χ1n) is 12.5. The van der Waals surface area contributed by atoms with Crippen molar-refractivity contribution in [2.75, 3.05) is 20.2 Å². The fourth-order valence-electron chi connectivity index (χ4n) is 5.07. The van der Waals surface area contributed by atoms with Crippen molar-refractivity contribution in [2.24, 2.45) is 0 Å². The molecule has 1 fully saturated rings. The van der Waals surface area contributed by atoms with Crippen LogP contribution in [0.3, 0.4) is 0 Å². The predicted molar refractivity (Wildman–Crippen MR) is 141 cm³/mol. The Morgan fingerprint density at radius 2 is 1.68 bits per heavy atom. The maximum atomic E-state index is 13.4. The summed E-state index contributed by atoms with van der Waals surface area (Å²) in [5, 5.41) is 21.7. The molecule has 0 saturated carbocycles. The lowest BCUT2D eigenvalue weighted by atomic mass is 9.85. The molecule has 1 saturated heterocycles. The van der Waals surface area contributed by atoms with Crippen molar-refractivity contribution in [1.29, 1.82) is 0 Å². The molecule has 1 atom stereocenters. The van der Waals surface area contributed by atoms with Gasteiger partial charge in [0, 0.05) is 48.7 Å². The van der Waals surface area contributed by atoms with Gasteiger partial charge in [-0.2, -0.15) is 0 Å². The number of likely N-dealkylation sites (tertiary alicyclic amines) is 1. The van der Waals surface area contributed by atoms with E-state index in [1.807, 2.05) is 47.4 Å². The van der Waals surface area contributed by atoms with Crippen molar-refractivity contribution < 1.29 is 24.2 Å². The van der Waals surface area contributed by atoms with Crippen molar-refractivity contribution in [3.05, 3.63) is 88.1 Å². The summed E-state index contributed by atoms with van der Waals surface area (Å²) in [6.45, 7) is 1.40. The van der Waals surface area contributed by atoms with E-state index in [1.54, 1.807) is 19.2 Å². The lowest BCUT2D eigenvalue weighted by Crippen LogP contribution is -2.36. The van der Waals surface area contributed by atoms with E-state index in [4.69, 9.17) is 9.15 Å². The normalized spacial score (nSPS) is 14.5. The van der Waals surface area contributed by atoms with Crippen LogP contribution in [0.1, 0.15) is 42.7 Å². The van der Waals surface area contributed by atoms with Crippen LogP contribution in [0, 0.1) is 0 Å². The Kier molecular flexibility index (Phi) is 6.86. The minimum Gasteiger partial charge on any atom is -0.507 e. The van der Waals surface area contributed by atoms with Crippen LogP contribution in [-0.2, 0) is 4.79 Å². The van der Waals surface area contributed by atoms with E-state index in [0.29, 0.717) is 35.7 Å². The Hall–Kier alpha value is -4.26. The molecule has 5 rings (SSSR count). The number of carbonyl (C=O) groups is 1. The van der Waals surface area contributed by atoms with Gasteiger partial charge in [0.25, 0.3) is 0 Å². The summed E-state index contributed by atoms with van der Waals surface area (Å²) in [6, 6.07) is 18.9. The number of hydrogen-bond acceptors (Lipinski definition) is 6. The van der Waals surface area contributed by atoms with E-state index in [1.165, 1.54) is 6.07 Å². The second-order valence-corrected chi connectivity index (χ2v) is 9.34. The molecule has 0 aliphatic carbocycles. The van der Waals surface area contributed by atoms with Gasteiger partial charge in [0.15, 0.2) is 5.43 Å². The molecule has 7 heteroatoms. The molecule has 0 radical (unpaired) electrons. The number of piperidine rings is 1. The van der Waals surface area contributed by atoms with E-state index < -0.39 is 11.3 Å². The highest BCUT2D eigenvalue weighted by Gasteiger charge is 2.30. The Morgan fingerprint density at radius 3 is 2.35 bits per heavy atom. The van der Waals surface area contributed by atoms with Gasteiger partial charge in [-0.15, -0.1) is 0 Å². The Balaban J connectivity index is 1.71. The number of phenolic OH excluding ortho intramolecular Hbond substituents is 2. The molecule has 0 spiro atoms. The summed E-state index contributed by atoms with van der Waals surface area (Å²) >= 11 is 0. The Morgan fingerprint density at radius 1 is 0.973 bits per heavy atom. The standard InChI is InChI=1S/C30H29NO6/c1-36-21-12-10-19(11-13-21)22(16-27(35)31-14-6-3-7-15-31)28-23(32)17-24(33)29-25(34)18-26(37-30(28)29)20-8-4-2-5-9-20/h2,4-5,8-13,17-18,22,32-33H,3,6-7,14-16H2,1H3. The first-order chi connectivity index (χ1) is 18.0. The molecule has 2 heterocycles. The quantitative estimate of drug-likeness (QED) is 0.368. The number of rotatable bonds is 6. The topological polar surface area (TPSA) is 100 Å². The predicted octanol–water partition coefficient (Wildman–Crippen LogP) is 5.41. The lowest BCUT2D eigenvalue weighted by Gasteiger charge is -2.29.